The molecule has 3 amide bonds. The summed E-state index contributed by atoms with van der Waals surface area (Å²) in [6.45, 7) is 8.31. The number of anilines is 1. The number of benzene rings is 1. The summed E-state index contributed by atoms with van der Waals surface area (Å²) in [7, 11) is -0.548. The second-order valence-corrected chi connectivity index (χ2v) is 7.96. The highest BCUT2D eigenvalue weighted by Gasteiger charge is 2.52. The maximum absolute atomic E-state index is 12.4. The minimum atomic E-state index is -0.548. The number of aromatic nitrogens is 1. The lowest BCUT2D eigenvalue weighted by Gasteiger charge is -2.32. The predicted octanol–water partition coefficient (Wildman–Crippen LogP) is 1.98. The third-order valence-electron chi connectivity index (χ3n) is 5.58. The average molecular weight is 367 g/mol. The Kier molecular flexibility index (Phi) is 4.01. The van der Waals surface area contributed by atoms with Gasteiger partial charge in [-0.3, -0.25) is 20.0 Å². The van der Waals surface area contributed by atoms with Crippen molar-refractivity contribution in [2.45, 2.75) is 45.3 Å². The molecule has 1 aromatic carbocycles. The van der Waals surface area contributed by atoms with Crippen LogP contribution in [-0.2, 0) is 14.1 Å². The first-order chi connectivity index (χ1) is 12.7. The van der Waals surface area contributed by atoms with Crippen molar-refractivity contribution >= 4 is 41.1 Å². The van der Waals surface area contributed by atoms with Gasteiger partial charge in [0.1, 0.15) is 0 Å². The molecule has 2 aromatic rings. The number of nitrogens with zero attached hydrogens (tertiary/aromatic N) is 2. The zero-order valence-corrected chi connectivity index (χ0v) is 15.9. The van der Waals surface area contributed by atoms with Crippen molar-refractivity contribution in [3.63, 3.8) is 0 Å². The Balaban J connectivity index is 1.80. The third kappa shape index (κ3) is 2.98. The lowest BCUT2D eigenvalue weighted by atomic mass is 9.78. The van der Waals surface area contributed by atoms with E-state index >= 15 is 0 Å². The number of rotatable bonds is 2. The van der Waals surface area contributed by atoms with Crippen LogP contribution in [-0.4, -0.2) is 41.8 Å². The quantitative estimate of drug-likeness (QED) is 0.821. The second kappa shape index (κ2) is 6.04. The molecule has 0 unspecified atom stereocenters. The Bertz CT molecular complexity index is 928. The molecule has 3 heterocycles. The Labute approximate surface area is 158 Å². The monoisotopic (exact) mass is 367 g/mol. The molecule has 0 spiro atoms. The number of fused-ring (bicyclic) bond motifs is 1. The first-order valence-electron chi connectivity index (χ1n) is 9.04. The number of imide groups is 1. The lowest BCUT2D eigenvalue weighted by molar-refractivity contribution is -0.120. The molecular weight excluding hydrogens is 345 g/mol. The maximum Gasteiger partial charge on any atom is 0.494 e. The number of hydrogen-bond acceptors (Lipinski definition) is 5. The van der Waals surface area contributed by atoms with Crippen LogP contribution in [0.5, 0.6) is 0 Å². The summed E-state index contributed by atoms with van der Waals surface area (Å²) in [5, 5.41) is 3.24. The van der Waals surface area contributed by atoms with Gasteiger partial charge >= 0.3 is 13.1 Å². The summed E-state index contributed by atoms with van der Waals surface area (Å²) in [6.07, 6.45) is 1.94. The van der Waals surface area contributed by atoms with E-state index in [9.17, 15) is 9.59 Å². The molecule has 8 heteroatoms. The number of amides is 3. The van der Waals surface area contributed by atoms with Gasteiger partial charge in [-0.25, -0.2) is 4.79 Å². The van der Waals surface area contributed by atoms with Gasteiger partial charge in [-0.2, -0.15) is 0 Å². The molecule has 1 N–H and O–H groups in total. The zero-order chi connectivity index (χ0) is 19.4. The molecule has 2 aliphatic heterocycles. The van der Waals surface area contributed by atoms with Crippen molar-refractivity contribution in [2.24, 2.45) is 0 Å². The fourth-order valence-corrected chi connectivity index (χ4v) is 3.31. The molecule has 4 rings (SSSR count). The zero-order valence-electron chi connectivity index (χ0n) is 15.9. The van der Waals surface area contributed by atoms with Gasteiger partial charge in [0.2, 0.25) is 5.91 Å². The minimum Gasteiger partial charge on any atom is -0.399 e. The van der Waals surface area contributed by atoms with Gasteiger partial charge < -0.3 is 9.31 Å². The smallest absolute Gasteiger partial charge is 0.399 e. The van der Waals surface area contributed by atoms with E-state index < -0.39 is 24.4 Å². The number of pyridine rings is 1. The molecule has 140 valence electrons. The van der Waals surface area contributed by atoms with E-state index in [0.717, 1.165) is 10.8 Å². The van der Waals surface area contributed by atoms with Crippen LogP contribution in [0, 0.1) is 0 Å². The van der Waals surface area contributed by atoms with Gasteiger partial charge in [0.25, 0.3) is 0 Å². The van der Waals surface area contributed by atoms with Crippen LogP contribution in [0.3, 0.4) is 0 Å². The minimum absolute atomic E-state index is 0.251. The van der Waals surface area contributed by atoms with Crippen molar-refractivity contribution in [1.82, 2.24) is 10.3 Å². The highest BCUT2D eigenvalue weighted by Crippen LogP contribution is 2.37. The molecule has 1 aromatic heterocycles. The summed E-state index contributed by atoms with van der Waals surface area (Å²) in [4.78, 5) is 29.9. The van der Waals surface area contributed by atoms with E-state index in [1.807, 2.05) is 52.0 Å². The van der Waals surface area contributed by atoms with Crippen LogP contribution in [0.4, 0.5) is 10.5 Å². The van der Waals surface area contributed by atoms with Crippen molar-refractivity contribution < 1.29 is 18.9 Å². The normalized spacial score (nSPS) is 21.6. The molecule has 2 fully saturated rings. The number of nitrogens with one attached hydrogen (secondary N) is 1. The Hall–Kier alpha value is -2.45. The Morgan fingerprint density at radius 1 is 1.15 bits per heavy atom. The molecule has 27 heavy (non-hydrogen) atoms. The Morgan fingerprint density at radius 3 is 2.52 bits per heavy atom. The van der Waals surface area contributed by atoms with E-state index in [4.69, 9.17) is 9.31 Å². The van der Waals surface area contributed by atoms with E-state index in [2.05, 4.69) is 10.3 Å². The SMILES string of the molecule is CC1(C)OB(c2cc(N3CCC(=O)NC3=O)c3ncccc3c2)OC1(C)C. The predicted molar refractivity (Wildman–Crippen MR) is 103 cm³/mol. The van der Waals surface area contributed by atoms with Gasteiger partial charge in [-0.05, 0) is 45.3 Å². The van der Waals surface area contributed by atoms with E-state index in [1.165, 1.54) is 0 Å². The average Bonchev–Trinajstić information content (AvgIpc) is 2.82. The van der Waals surface area contributed by atoms with Crippen LogP contribution in [0.15, 0.2) is 30.5 Å². The molecule has 0 aliphatic carbocycles. The van der Waals surface area contributed by atoms with Gasteiger partial charge in [-0.15, -0.1) is 0 Å². The summed E-state index contributed by atoms with van der Waals surface area (Å²) in [5.74, 6) is -0.268. The highest BCUT2D eigenvalue weighted by atomic mass is 16.7. The lowest BCUT2D eigenvalue weighted by Crippen LogP contribution is -2.50. The van der Waals surface area contributed by atoms with E-state index in [-0.39, 0.29) is 12.3 Å². The number of urea groups is 1. The molecule has 7 nitrogen and oxygen atoms in total. The number of carbonyl (C=O) groups excluding carboxylic acids is 2. The van der Waals surface area contributed by atoms with Crippen LogP contribution in [0.2, 0.25) is 0 Å². The molecule has 0 radical (unpaired) electrons. The molecular formula is C19H22BN3O4. The second-order valence-electron chi connectivity index (χ2n) is 7.96. The molecule has 0 bridgehead atoms. The molecule has 2 saturated heterocycles. The topological polar surface area (TPSA) is 80.8 Å². The first-order valence-corrected chi connectivity index (χ1v) is 9.04. The molecule has 0 atom stereocenters. The summed E-state index contributed by atoms with van der Waals surface area (Å²) >= 11 is 0. The maximum atomic E-state index is 12.4. The largest absolute Gasteiger partial charge is 0.494 e. The van der Waals surface area contributed by atoms with Crippen molar-refractivity contribution in [2.75, 3.05) is 11.4 Å². The Morgan fingerprint density at radius 2 is 1.85 bits per heavy atom. The fourth-order valence-electron chi connectivity index (χ4n) is 3.31. The number of carbonyl (C=O) groups is 2. The van der Waals surface area contributed by atoms with E-state index in [0.29, 0.717) is 17.7 Å². The number of hydrogen-bond donors (Lipinski definition) is 1. The van der Waals surface area contributed by atoms with Gasteiger partial charge in [0.15, 0.2) is 0 Å². The molecule has 0 saturated carbocycles. The van der Waals surface area contributed by atoms with Crippen LogP contribution < -0.4 is 15.7 Å². The molecule has 2 aliphatic rings. The van der Waals surface area contributed by atoms with Crippen molar-refractivity contribution in [3.05, 3.63) is 30.5 Å². The van der Waals surface area contributed by atoms with Crippen molar-refractivity contribution in [1.29, 1.82) is 0 Å². The van der Waals surface area contributed by atoms with Gasteiger partial charge in [0, 0.05) is 24.5 Å². The summed E-state index contributed by atoms with van der Waals surface area (Å²) < 4.78 is 12.3. The standard InChI is InChI=1S/C19H22BN3O4/c1-18(2)19(3,4)27-20(26-18)13-10-12-6-5-8-21-16(12)14(11-13)23-9-7-15(24)22-17(23)25/h5-6,8,10-11H,7,9H2,1-4H3,(H,22,24,25). The van der Waals surface area contributed by atoms with Gasteiger partial charge in [-0.1, -0.05) is 12.1 Å². The van der Waals surface area contributed by atoms with Crippen LogP contribution >= 0.6 is 0 Å². The fraction of sp³-hybridized carbons (Fsp3) is 0.421. The van der Waals surface area contributed by atoms with Crippen LogP contribution in [0.25, 0.3) is 10.9 Å². The highest BCUT2D eigenvalue weighted by molar-refractivity contribution is 6.62. The van der Waals surface area contributed by atoms with Gasteiger partial charge in [0.05, 0.1) is 22.4 Å². The summed E-state index contributed by atoms with van der Waals surface area (Å²) in [5.41, 5.74) is 1.23. The third-order valence-corrected chi connectivity index (χ3v) is 5.58. The van der Waals surface area contributed by atoms with Crippen LogP contribution in [0.1, 0.15) is 34.1 Å². The van der Waals surface area contributed by atoms with Crippen molar-refractivity contribution in [3.8, 4) is 0 Å². The van der Waals surface area contributed by atoms with E-state index in [1.54, 1.807) is 11.1 Å². The summed E-state index contributed by atoms with van der Waals surface area (Å²) in [6, 6.07) is 7.19. The first kappa shape index (κ1) is 17.9.